The third-order valence-electron chi connectivity index (χ3n) is 2.72. The Balaban J connectivity index is 2.32. The SMILES string of the molecule is CCCn1nccc1C(O)c1ccc(I)c(Cl)c1. The van der Waals surface area contributed by atoms with Gasteiger partial charge in [0.2, 0.25) is 0 Å². The minimum Gasteiger partial charge on any atom is -0.382 e. The second-order valence-corrected chi connectivity index (χ2v) is 5.62. The van der Waals surface area contributed by atoms with Gasteiger partial charge in [0.15, 0.2) is 0 Å². The summed E-state index contributed by atoms with van der Waals surface area (Å²) in [4.78, 5) is 0. The summed E-state index contributed by atoms with van der Waals surface area (Å²) in [7, 11) is 0. The van der Waals surface area contributed by atoms with Crippen LogP contribution >= 0.6 is 34.2 Å². The highest BCUT2D eigenvalue weighted by atomic mass is 127. The molecule has 5 heteroatoms. The predicted molar refractivity (Wildman–Crippen MR) is 80.7 cm³/mol. The Morgan fingerprint density at radius 2 is 2.22 bits per heavy atom. The van der Waals surface area contributed by atoms with E-state index in [1.807, 2.05) is 22.9 Å². The lowest BCUT2D eigenvalue weighted by atomic mass is 10.1. The number of hydrogen-bond acceptors (Lipinski definition) is 2. The van der Waals surface area contributed by atoms with Gasteiger partial charge in [0.05, 0.1) is 10.7 Å². The van der Waals surface area contributed by atoms with E-state index in [-0.39, 0.29) is 0 Å². The molecular weight excluding hydrogens is 363 g/mol. The van der Waals surface area contributed by atoms with Crippen molar-refractivity contribution in [3.63, 3.8) is 0 Å². The average molecular weight is 377 g/mol. The molecule has 0 aliphatic carbocycles. The van der Waals surface area contributed by atoms with Crippen LogP contribution < -0.4 is 0 Å². The van der Waals surface area contributed by atoms with Gasteiger partial charge in [0, 0.05) is 16.3 Å². The van der Waals surface area contributed by atoms with E-state index in [1.54, 1.807) is 12.3 Å². The topological polar surface area (TPSA) is 38.0 Å². The molecule has 0 saturated carbocycles. The molecule has 3 nitrogen and oxygen atoms in total. The van der Waals surface area contributed by atoms with Gasteiger partial charge in [-0.05, 0) is 52.8 Å². The highest BCUT2D eigenvalue weighted by Crippen LogP contribution is 2.27. The van der Waals surface area contributed by atoms with Crippen molar-refractivity contribution in [1.29, 1.82) is 0 Å². The summed E-state index contributed by atoms with van der Waals surface area (Å²) in [5.74, 6) is 0. The standard InChI is InChI=1S/C13H14ClIN2O/c1-2-7-17-12(5-6-16-17)13(18)9-3-4-11(15)10(14)8-9/h3-6,8,13,18H,2,7H2,1H3. The van der Waals surface area contributed by atoms with E-state index in [0.717, 1.165) is 27.8 Å². The average Bonchev–Trinajstić information content (AvgIpc) is 2.80. The summed E-state index contributed by atoms with van der Waals surface area (Å²) in [6.45, 7) is 2.89. The summed E-state index contributed by atoms with van der Waals surface area (Å²) < 4.78 is 2.81. The van der Waals surface area contributed by atoms with Gasteiger partial charge in [-0.25, -0.2) is 0 Å². The van der Waals surface area contributed by atoms with Crippen LogP contribution in [0.15, 0.2) is 30.5 Å². The van der Waals surface area contributed by atoms with Crippen LogP contribution in [0.5, 0.6) is 0 Å². The van der Waals surface area contributed by atoms with Crippen LogP contribution in [0, 0.1) is 3.57 Å². The van der Waals surface area contributed by atoms with Crippen LogP contribution in [0.2, 0.25) is 5.02 Å². The van der Waals surface area contributed by atoms with E-state index >= 15 is 0 Å². The molecule has 18 heavy (non-hydrogen) atoms. The Labute approximate surface area is 125 Å². The molecule has 1 N–H and O–H groups in total. The van der Waals surface area contributed by atoms with E-state index in [9.17, 15) is 5.11 Å². The maximum atomic E-state index is 10.4. The highest BCUT2D eigenvalue weighted by molar-refractivity contribution is 14.1. The lowest BCUT2D eigenvalue weighted by Crippen LogP contribution is -2.10. The van der Waals surface area contributed by atoms with Crippen molar-refractivity contribution >= 4 is 34.2 Å². The molecule has 0 saturated heterocycles. The van der Waals surface area contributed by atoms with Gasteiger partial charge in [0.25, 0.3) is 0 Å². The zero-order valence-corrected chi connectivity index (χ0v) is 12.9. The minimum atomic E-state index is -0.687. The quantitative estimate of drug-likeness (QED) is 0.828. The Morgan fingerprint density at radius 3 is 2.89 bits per heavy atom. The van der Waals surface area contributed by atoms with Gasteiger partial charge in [0.1, 0.15) is 6.10 Å². The lowest BCUT2D eigenvalue weighted by molar-refractivity contribution is 0.207. The fourth-order valence-corrected chi connectivity index (χ4v) is 2.35. The van der Waals surface area contributed by atoms with Crippen LogP contribution in [-0.2, 0) is 6.54 Å². The third-order valence-corrected chi connectivity index (χ3v) is 4.30. The normalized spacial score (nSPS) is 12.7. The molecular formula is C13H14ClIN2O. The molecule has 1 heterocycles. The Kier molecular flexibility index (Phi) is 4.64. The van der Waals surface area contributed by atoms with Crippen LogP contribution in [0.25, 0.3) is 0 Å². The van der Waals surface area contributed by atoms with Crippen molar-refractivity contribution in [2.45, 2.75) is 26.0 Å². The summed E-state index contributed by atoms with van der Waals surface area (Å²) >= 11 is 8.25. The Hall–Kier alpha value is -0.590. The molecule has 0 radical (unpaired) electrons. The number of aromatic nitrogens is 2. The molecule has 0 bridgehead atoms. The van der Waals surface area contributed by atoms with Crippen molar-refractivity contribution in [2.24, 2.45) is 0 Å². The van der Waals surface area contributed by atoms with Gasteiger partial charge >= 0.3 is 0 Å². The summed E-state index contributed by atoms with van der Waals surface area (Å²) in [5.41, 5.74) is 1.59. The first-order valence-electron chi connectivity index (χ1n) is 5.78. The zero-order chi connectivity index (χ0) is 13.1. The molecule has 0 aliphatic heterocycles. The molecule has 1 atom stereocenters. The van der Waals surface area contributed by atoms with E-state index < -0.39 is 6.10 Å². The van der Waals surface area contributed by atoms with Crippen molar-refractivity contribution in [3.8, 4) is 0 Å². The fraction of sp³-hybridized carbons (Fsp3) is 0.308. The van der Waals surface area contributed by atoms with Gasteiger partial charge in [-0.3, -0.25) is 4.68 Å². The molecule has 2 rings (SSSR count). The zero-order valence-electron chi connectivity index (χ0n) is 9.98. The number of benzene rings is 1. The molecule has 0 spiro atoms. The second kappa shape index (κ2) is 6.04. The van der Waals surface area contributed by atoms with Gasteiger partial charge in [-0.15, -0.1) is 0 Å². The number of hydrogen-bond donors (Lipinski definition) is 1. The number of nitrogens with zero attached hydrogens (tertiary/aromatic N) is 2. The van der Waals surface area contributed by atoms with Crippen molar-refractivity contribution < 1.29 is 5.11 Å². The molecule has 0 fully saturated rings. The molecule has 2 aromatic rings. The van der Waals surface area contributed by atoms with Crippen LogP contribution in [0.4, 0.5) is 0 Å². The number of rotatable bonds is 4. The van der Waals surface area contributed by atoms with Crippen molar-refractivity contribution in [2.75, 3.05) is 0 Å². The summed E-state index contributed by atoms with van der Waals surface area (Å²) in [6.07, 6.45) is 2.01. The summed E-state index contributed by atoms with van der Waals surface area (Å²) in [6, 6.07) is 7.44. The molecule has 1 aromatic carbocycles. The van der Waals surface area contributed by atoms with Gasteiger partial charge < -0.3 is 5.11 Å². The van der Waals surface area contributed by atoms with Crippen LogP contribution in [-0.4, -0.2) is 14.9 Å². The third kappa shape index (κ3) is 2.87. The first-order valence-corrected chi connectivity index (χ1v) is 7.24. The van der Waals surface area contributed by atoms with Gasteiger partial charge in [-0.1, -0.05) is 24.6 Å². The Bertz CT molecular complexity index is 542. The fourth-order valence-electron chi connectivity index (χ4n) is 1.83. The number of aryl methyl sites for hydroxylation is 1. The molecule has 96 valence electrons. The van der Waals surface area contributed by atoms with Crippen molar-refractivity contribution in [1.82, 2.24) is 9.78 Å². The molecule has 1 unspecified atom stereocenters. The maximum absolute atomic E-state index is 10.4. The highest BCUT2D eigenvalue weighted by Gasteiger charge is 2.15. The monoisotopic (exact) mass is 376 g/mol. The van der Waals surface area contributed by atoms with Crippen LogP contribution in [0.3, 0.4) is 0 Å². The predicted octanol–water partition coefficient (Wildman–Crippen LogP) is 3.63. The molecule has 0 aliphatic rings. The first-order chi connectivity index (χ1) is 8.63. The smallest absolute Gasteiger partial charge is 0.121 e. The second-order valence-electron chi connectivity index (χ2n) is 4.06. The largest absolute Gasteiger partial charge is 0.382 e. The number of aliphatic hydroxyl groups is 1. The van der Waals surface area contributed by atoms with E-state index in [4.69, 9.17) is 11.6 Å². The first kappa shape index (κ1) is 13.8. The van der Waals surface area contributed by atoms with Crippen LogP contribution in [0.1, 0.15) is 30.7 Å². The minimum absolute atomic E-state index is 0.661. The van der Waals surface area contributed by atoms with E-state index in [1.165, 1.54) is 0 Å². The lowest BCUT2D eigenvalue weighted by Gasteiger charge is -2.14. The number of halogens is 2. The maximum Gasteiger partial charge on any atom is 0.121 e. The van der Waals surface area contributed by atoms with Gasteiger partial charge in [-0.2, -0.15) is 5.10 Å². The van der Waals surface area contributed by atoms with E-state index in [0.29, 0.717) is 5.02 Å². The van der Waals surface area contributed by atoms with Crippen molar-refractivity contribution in [3.05, 3.63) is 50.3 Å². The number of aliphatic hydroxyl groups excluding tert-OH is 1. The van der Waals surface area contributed by atoms with E-state index in [2.05, 4.69) is 34.6 Å². The Morgan fingerprint density at radius 1 is 1.44 bits per heavy atom. The summed E-state index contributed by atoms with van der Waals surface area (Å²) in [5, 5.41) is 15.3. The molecule has 0 amide bonds. The molecule has 1 aromatic heterocycles.